The zero-order chi connectivity index (χ0) is 17.1. The maximum Gasteiger partial charge on any atom is 0.133 e. The molecule has 0 radical (unpaired) electrons. The second kappa shape index (κ2) is 7.33. The molecule has 130 valence electrons. The van der Waals surface area contributed by atoms with Crippen LogP contribution < -0.4 is 0 Å². The van der Waals surface area contributed by atoms with E-state index in [0.717, 1.165) is 60.8 Å². The molecule has 3 heterocycles. The van der Waals surface area contributed by atoms with E-state index in [9.17, 15) is 0 Å². The number of benzene rings is 1. The molecule has 0 bridgehead atoms. The average molecular weight is 337 g/mol. The molecule has 1 aliphatic rings. The summed E-state index contributed by atoms with van der Waals surface area (Å²) in [5, 5.41) is 0. The molecule has 5 nitrogen and oxygen atoms in total. The van der Waals surface area contributed by atoms with Crippen molar-refractivity contribution in [2.45, 2.75) is 38.5 Å². The van der Waals surface area contributed by atoms with Crippen molar-refractivity contribution in [3.63, 3.8) is 0 Å². The number of rotatable bonds is 5. The van der Waals surface area contributed by atoms with Crippen LogP contribution in [0.3, 0.4) is 0 Å². The van der Waals surface area contributed by atoms with Crippen molar-refractivity contribution in [1.29, 1.82) is 0 Å². The monoisotopic (exact) mass is 337 g/mol. The Balaban J connectivity index is 1.39. The summed E-state index contributed by atoms with van der Waals surface area (Å²) >= 11 is 0. The highest BCUT2D eigenvalue weighted by Gasteiger charge is 2.19. The molecule has 1 atom stereocenters. The lowest BCUT2D eigenvalue weighted by Gasteiger charge is -2.20. The summed E-state index contributed by atoms with van der Waals surface area (Å²) < 4.78 is 11.8. The van der Waals surface area contributed by atoms with Crippen molar-refractivity contribution < 1.29 is 9.15 Å². The summed E-state index contributed by atoms with van der Waals surface area (Å²) in [5.74, 6) is 1.91. The van der Waals surface area contributed by atoms with Gasteiger partial charge in [-0.25, -0.2) is 4.98 Å². The number of ether oxygens (including phenoxy) is 1. The number of hydrogen-bond donors (Lipinski definition) is 0. The van der Waals surface area contributed by atoms with Crippen molar-refractivity contribution >= 4 is 11.0 Å². The zero-order valence-electron chi connectivity index (χ0n) is 14.5. The van der Waals surface area contributed by atoms with Gasteiger partial charge in [-0.2, -0.15) is 0 Å². The van der Waals surface area contributed by atoms with E-state index in [-0.39, 0.29) is 6.10 Å². The number of para-hydroxylation sites is 2. The highest BCUT2D eigenvalue weighted by Crippen LogP contribution is 2.29. The third-order valence-corrected chi connectivity index (χ3v) is 4.54. The normalized spacial score (nSPS) is 18.1. The Morgan fingerprint density at radius 3 is 2.80 bits per heavy atom. The third-order valence-electron chi connectivity index (χ3n) is 4.54. The van der Waals surface area contributed by atoms with Gasteiger partial charge in [-0.15, -0.1) is 0 Å². The number of hydrogen-bond acceptors (Lipinski definition) is 5. The van der Waals surface area contributed by atoms with Gasteiger partial charge >= 0.3 is 0 Å². The van der Waals surface area contributed by atoms with Crippen LogP contribution in [-0.4, -0.2) is 28.5 Å². The van der Waals surface area contributed by atoms with E-state index in [0.29, 0.717) is 0 Å². The van der Waals surface area contributed by atoms with Crippen LogP contribution in [0.5, 0.6) is 0 Å². The van der Waals surface area contributed by atoms with Gasteiger partial charge in [0.15, 0.2) is 0 Å². The van der Waals surface area contributed by atoms with Crippen LogP contribution in [0.15, 0.2) is 47.0 Å². The molecular weight excluding hydrogens is 314 g/mol. The zero-order valence-corrected chi connectivity index (χ0v) is 14.5. The minimum atomic E-state index is 0.124. The van der Waals surface area contributed by atoms with Crippen molar-refractivity contribution in [3.05, 3.63) is 59.8 Å². The summed E-state index contributed by atoms with van der Waals surface area (Å²) in [4.78, 5) is 11.3. The molecule has 0 spiro atoms. The van der Waals surface area contributed by atoms with Crippen molar-refractivity contribution in [2.24, 2.45) is 0 Å². The van der Waals surface area contributed by atoms with E-state index in [1.807, 2.05) is 30.5 Å². The van der Waals surface area contributed by atoms with Crippen LogP contribution in [-0.2, 0) is 17.8 Å². The molecule has 0 saturated carbocycles. The maximum atomic E-state index is 6.00. The Labute approximate surface area is 147 Å². The minimum absolute atomic E-state index is 0.124. The Morgan fingerprint density at radius 1 is 1.08 bits per heavy atom. The summed E-state index contributed by atoms with van der Waals surface area (Å²) in [7, 11) is 2.07. The van der Waals surface area contributed by atoms with Crippen molar-refractivity contribution in [2.75, 3.05) is 13.7 Å². The Bertz CT molecular complexity index is 840. The molecule has 5 heteroatoms. The maximum absolute atomic E-state index is 6.00. The molecule has 3 aromatic rings. The van der Waals surface area contributed by atoms with Crippen molar-refractivity contribution in [1.82, 2.24) is 14.9 Å². The van der Waals surface area contributed by atoms with Crippen LogP contribution in [0.1, 0.15) is 42.6 Å². The van der Waals surface area contributed by atoms with Gasteiger partial charge in [0.2, 0.25) is 0 Å². The number of furan rings is 1. The molecule has 1 saturated heterocycles. The molecule has 25 heavy (non-hydrogen) atoms. The molecule has 1 aliphatic heterocycles. The van der Waals surface area contributed by atoms with E-state index >= 15 is 0 Å². The van der Waals surface area contributed by atoms with Gasteiger partial charge in [0.1, 0.15) is 17.6 Å². The first-order valence-corrected chi connectivity index (χ1v) is 8.87. The highest BCUT2D eigenvalue weighted by atomic mass is 16.5. The van der Waals surface area contributed by atoms with Gasteiger partial charge in [0.25, 0.3) is 0 Å². The Kier molecular flexibility index (Phi) is 4.76. The second-order valence-electron chi connectivity index (χ2n) is 6.68. The molecule has 2 aromatic heterocycles. The first kappa shape index (κ1) is 16.2. The number of fused-ring (bicyclic) bond motifs is 1. The fourth-order valence-corrected chi connectivity index (χ4v) is 3.29. The van der Waals surface area contributed by atoms with Crippen LogP contribution in [0.25, 0.3) is 11.0 Å². The molecule has 0 aliphatic carbocycles. The van der Waals surface area contributed by atoms with Crippen molar-refractivity contribution in [3.8, 4) is 0 Å². The lowest BCUT2D eigenvalue weighted by molar-refractivity contribution is 0.000904. The average Bonchev–Trinajstić information content (AvgIpc) is 3.10. The lowest BCUT2D eigenvalue weighted by Crippen LogP contribution is -2.18. The fraction of sp³-hybridized carbons (Fsp3) is 0.400. The Hall–Kier alpha value is -2.24. The second-order valence-corrected chi connectivity index (χ2v) is 6.68. The summed E-state index contributed by atoms with van der Waals surface area (Å²) in [6.45, 7) is 2.30. The van der Waals surface area contributed by atoms with Gasteiger partial charge in [0.05, 0.1) is 29.5 Å². The van der Waals surface area contributed by atoms with E-state index < -0.39 is 0 Å². The number of aromatic nitrogens is 2. The first-order chi connectivity index (χ1) is 12.3. The fourth-order valence-electron chi connectivity index (χ4n) is 3.29. The highest BCUT2D eigenvalue weighted by molar-refractivity contribution is 5.73. The molecular formula is C20H23N3O2. The molecule has 1 fully saturated rings. The van der Waals surface area contributed by atoms with Crippen LogP contribution >= 0.6 is 0 Å². The van der Waals surface area contributed by atoms with Gasteiger partial charge in [-0.1, -0.05) is 12.1 Å². The predicted molar refractivity (Wildman–Crippen MR) is 96.0 cm³/mol. The number of nitrogens with zero attached hydrogens (tertiary/aromatic N) is 3. The molecule has 1 aromatic carbocycles. The van der Waals surface area contributed by atoms with Gasteiger partial charge in [-0.05, 0) is 50.6 Å². The quantitative estimate of drug-likeness (QED) is 0.702. The van der Waals surface area contributed by atoms with Crippen LogP contribution in [0, 0.1) is 0 Å². The van der Waals surface area contributed by atoms with Crippen LogP contribution in [0.2, 0.25) is 0 Å². The predicted octanol–water partition coefficient (Wildman–Crippen LogP) is 4.10. The topological polar surface area (TPSA) is 51.4 Å². The third kappa shape index (κ3) is 3.89. The Morgan fingerprint density at radius 2 is 1.96 bits per heavy atom. The van der Waals surface area contributed by atoms with E-state index in [2.05, 4.69) is 34.0 Å². The molecule has 0 amide bonds. The minimum Gasteiger partial charge on any atom is -0.462 e. The smallest absolute Gasteiger partial charge is 0.133 e. The van der Waals surface area contributed by atoms with Crippen LogP contribution in [0.4, 0.5) is 0 Å². The van der Waals surface area contributed by atoms with E-state index in [4.69, 9.17) is 9.15 Å². The van der Waals surface area contributed by atoms with Gasteiger partial charge in [0, 0.05) is 13.2 Å². The largest absolute Gasteiger partial charge is 0.462 e. The van der Waals surface area contributed by atoms with E-state index in [1.165, 1.54) is 6.42 Å². The summed E-state index contributed by atoms with van der Waals surface area (Å²) in [5.41, 5.74) is 2.82. The SMILES string of the molecule is CN(Cc1cnc2ccccc2n1)Cc1ccc([C@@H]2CCCCO2)o1. The molecule has 0 unspecified atom stereocenters. The summed E-state index contributed by atoms with van der Waals surface area (Å²) in [6, 6.07) is 12.0. The lowest BCUT2D eigenvalue weighted by atomic mass is 10.1. The summed E-state index contributed by atoms with van der Waals surface area (Å²) in [6.07, 6.45) is 5.39. The van der Waals surface area contributed by atoms with Gasteiger partial charge in [-0.3, -0.25) is 9.88 Å². The first-order valence-electron chi connectivity index (χ1n) is 8.87. The van der Waals surface area contributed by atoms with E-state index in [1.54, 1.807) is 0 Å². The molecule has 4 rings (SSSR count). The standard InChI is InChI=1S/C20H23N3O2/c1-23(13-15-12-21-17-6-2-3-7-18(17)22-15)14-16-9-10-20(25-16)19-8-4-5-11-24-19/h2-3,6-7,9-10,12,19H,4-5,8,11,13-14H2,1H3/t19-/m0/s1. The van der Waals surface area contributed by atoms with Gasteiger partial charge < -0.3 is 9.15 Å². The molecule has 0 N–H and O–H groups in total.